The first kappa shape index (κ1) is 24.1. The number of hydroxylamine groups is 2. The van der Waals surface area contributed by atoms with Gasteiger partial charge in [0, 0.05) is 7.05 Å². The summed E-state index contributed by atoms with van der Waals surface area (Å²) in [6.45, 7) is 9.68. The molecule has 0 spiro atoms. The molecular formula is C19H26F3N3O2Si. The molecule has 0 radical (unpaired) electrons. The number of likely N-dealkylation sites (N-methyl/N-ethyl adjacent to an activating group) is 1. The van der Waals surface area contributed by atoms with Crippen LogP contribution in [0.4, 0.5) is 13.2 Å². The Hall–Kier alpha value is -1.91. The molecule has 1 aromatic carbocycles. The first-order chi connectivity index (χ1) is 12.6. The van der Waals surface area contributed by atoms with Gasteiger partial charge in [0.05, 0.1) is 12.7 Å². The van der Waals surface area contributed by atoms with Gasteiger partial charge in [-0.05, 0) is 35.8 Å². The third-order valence-electron chi connectivity index (χ3n) is 5.14. The Morgan fingerprint density at radius 3 is 1.82 bits per heavy atom. The van der Waals surface area contributed by atoms with Crippen LogP contribution < -0.4 is 0 Å². The highest BCUT2D eigenvalue weighted by Gasteiger charge is 2.52. The van der Waals surface area contributed by atoms with Crippen LogP contribution in [-0.2, 0) is 15.4 Å². The zero-order valence-corrected chi connectivity index (χ0v) is 18.2. The molecule has 0 heterocycles. The van der Waals surface area contributed by atoms with E-state index >= 15 is 0 Å². The molecular weight excluding hydrogens is 387 g/mol. The van der Waals surface area contributed by atoms with Crippen LogP contribution in [0.3, 0.4) is 0 Å². The lowest BCUT2D eigenvalue weighted by molar-refractivity contribution is -0.170. The molecule has 0 saturated heterocycles. The number of nitrogens with zero attached hydrogens (tertiary/aromatic N) is 3. The number of hydrogen-bond donors (Lipinski definition) is 0. The van der Waals surface area contributed by atoms with Crippen molar-refractivity contribution in [1.29, 1.82) is 10.5 Å². The van der Waals surface area contributed by atoms with Crippen molar-refractivity contribution in [2.24, 2.45) is 0 Å². The van der Waals surface area contributed by atoms with E-state index in [4.69, 9.17) is 9.26 Å². The molecule has 154 valence electrons. The first-order valence-electron chi connectivity index (χ1n) is 8.62. The van der Waals surface area contributed by atoms with Gasteiger partial charge in [0.25, 0.3) is 5.60 Å². The van der Waals surface area contributed by atoms with E-state index in [0.717, 1.165) is 12.1 Å². The zero-order chi connectivity index (χ0) is 22.0. The highest BCUT2D eigenvalue weighted by atomic mass is 28.4. The van der Waals surface area contributed by atoms with Crippen molar-refractivity contribution in [3.8, 4) is 12.1 Å². The predicted octanol–water partition coefficient (Wildman–Crippen LogP) is 5.05. The molecule has 0 aromatic heterocycles. The fourth-order valence-electron chi connectivity index (χ4n) is 2.46. The molecule has 0 bridgehead atoms. The summed E-state index contributed by atoms with van der Waals surface area (Å²) in [5, 5.41) is 20.8. The van der Waals surface area contributed by atoms with Crippen molar-refractivity contribution < 1.29 is 22.4 Å². The molecule has 1 aromatic rings. The molecule has 0 amide bonds. The Morgan fingerprint density at radius 2 is 1.50 bits per heavy atom. The molecule has 0 aliphatic carbocycles. The van der Waals surface area contributed by atoms with Crippen LogP contribution in [0, 0.1) is 22.7 Å². The van der Waals surface area contributed by atoms with Gasteiger partial charge in [-0.15, -0.1) is 0 Å². The Bertz CT molecular complexity index is 745. The number of rotatable bonds is 6. The minimum absolute atomic E-state index is 0.289. The van der Waals surface area contributed by atoms with Gasteiger partial charge in [0.1, 0.15) is 18.2 Å². The summed E-state index contributed by atoms with van der Waals surface area (Å²) in [6, 6.07) is 7.17. The van der Waals surface area contributed by atoms with Crippen LogP contribution in [0.1, 0.15) is 37.9 Å². The van der Waals surface area contributed by atoms with Crippen LogP contribution in [-0.4, -0.2) is 33.1 Å². The third kappa shape index (κ3) is 4.92. The van der Waals surface area contributed by atoms with E-state index in [1.54, 1.807) is 0 Å². The number of halogens is 3. The van der Waals surface area contributed by atoms with Crippen molar-refractivity contribution in [2.75, 3.05) is 14.2 Å². The second-order valence-corrected chi connectivity index (χ2v) is 12.8. The SMILES string of the molecule is CON(C)C(c1ccc(C(F)(F)F)cc1)C(C#N)(C#N)O[Si](C)(C)C(C)(C)C. The lowest BCUT2D eigenvalue weighted by Gasteiger charge is -2.44. The van der Waals surface area contributed by atoms with Gasteiger partial charge in [-0.2, -0.15) is 28.8 Å². The summed E-state index contributed by atoms with van der Waals surface area (Å²) in [7, 11) is 0.266. The highest BCUT2D eigenvalue weighted by molar-refractivity contribution is 6.74. The van der Waals surface area contributed by atoms with Gasteiger partial charge in [-0.1, -0.05) is 32.9 Å². The molecule has 1 unspecified atom stereocenters. The molecule has 1 rings (SSSR count). The van der Waals surface area contributed by atoms with E-state index in [-0.39, 0.29) is 5.04 Å². The molecule has 0 saturated carbocycles. The molecule has 0 aliphatic heterocycles. The van der Waals surface area contributed by atoms with Crippen LogP contribution in [0.15, 0.2) is 24.3 Å². The number of benzene rings is 1. The second kappa shape index (κ2) is 8.22. The Labute approximate surface area is 165 Å². The van der Waals surface area contributed by atoms with Crippen LogP contribution >= 0.6 is 0 Å². The lowest BCUT2D eigenvalue weighted by Crippen LogP contribution is -2.54. The summed E-state index contributed by atoms with van der Waals surface area (Å²) in [5.74, 6) is 0. The van der Waals surface area contributed by atoms with Crippen LogP contribution in [0.2, 0.25) is 18.1 Å². The van der Waals surface area contributed by atoms with E-state index in [9.17, 15) is 23.7 Å². The summed E-state index contributed by atoms with van der Waals surface area (Å²) in [4.78, 5) is 5.22. The lowest BCUT2D eigenvalue weighted by atomic mass is 9.90. The van der Waals surface area contributed by atoms with Crippen molar-refractivity contribution in [2.45, 2.75) is 56.7 Å². The monoisotopic (exact) mass is 413 g/mol. The first-order valence-corrected chi connectivity index (χ1v) is 11.5. The molecule has 0 N–H and O–H groups in total. The molecule has 28 heavy (non-hydrogen) atoms. The molecule has 0 aliphatic rings. The van der Waals surface area contributed by atoms with Crippen molar-refractivity contribution in [3.63, 3.8) is 0 Å². The quantitative estimate of drug-likeness (QED) is 0.482. The summed E-state index contributed by atoms with van der Waals surface area (Å²) < 4.78 is 44.9. The molecule has 1 atom stereocenters. The topological polar surface area (TPSA) is 69.3 Å². The Morgan fingerprint density at radius 1 is 1.04 bits per heavy atom. The van der Waals surface area contributed by atoms with Gasteiger partial charge < -0.3 is 9.26 Å². The standard InChI is InChI=1S/C19H26F3N3O2Si/c1-17(2,3)28(6,7)27-18(12-23,13-24)16(25(4)26-5)14-8-10-15(11-9-14)19(20,21)22/h8-11,16H,1-7H3. The molecule has 9 heteroatoms. The van der Waals surface area contributed by atoms with E-state index in [0.29, 0.717) is 5.56 Å². The normalized spacial score (nSPS) is 14.5. The van der Waals surface area contributed by atoms with Crippen molar-refractivity contribution in [3.05, 3.63) is 35.4 Å². The fourth-order valence-corrected chi connectivity index (χ4v) is 3.78. The van der Waals surface area contributed by atoms with Crippen LogP contribution in [0.5, 0.6) is 0 Å². The maximum Gasteiger partial charge on any atom is 0.416 e. The van der Waals surface area contributed by atoms with Gasteiger partial charge >= 0.3 is 6.18 Å². The predicted molar refractivity (Wildman–Crippen MR) is 101 cm³/mol. The number of alkyl halides is 3. The largest absolute Gasteiger partial charge is 0.416 e. The minimum atomic E-state index is -4.49. The molecule has 0 fully saturated rings. The van der Waals surface area contributed by atoms with Gasteiger partial charge in [0.15, 0.2) is 8.32 Å². The third-order valence-corrected chi connectivity index (χ3v) is 9.59. The number of nitriles is 2. The zero-order valence-electron chi connectivity index (χ0n) is 17.2. The van der Waals surface area contributed by atoms with E-state index in [1.165, 1.54) is 31.4 Å². The Balaban J connectivity index is 3.55. The second-order valence-electron chi connectivity index (χ2n) is 8.07. The maximum atomic E-state index is 12.9. The molecule has 5 nitrogen and oxygen atoms in total. The Kier molecular flexibility index (Phi) is 7.08. The van der Waals surface area contributed by atoms with Crippen LogP contribution in [0.25, 0.3) is 0 Å². The minimum Gasteiger partial charge on any atom is -0.387 e. The van der Waals surface area contributed by atoms with Gasteiger partial charge in [-0.3, -0.25) is 0 Å². The maximum absolute atomic E-state index is 12.9. The van der Waals surface area contributed by atoms with E-state index in [2.05, 4.69) is 0 Å². The average Bonchev–Trinajstić information content (AvgIpc) is 2.59. The highest BCUT2D eigenvalue weighted by Crippen LogP contribution is 2.44. The average molecular weight is 414 g/mol. The summed E-state index contributed by atoms with van der Waals surface area (Å²) in [5.41, 5.74) is -2.48. The number of hydrogen-bond acceptors (Lipinski definition) is 5. The van der Waals surface area contributed by atoms with Gasteiger partial charge in [-0.25, -0.2) is 0 Å². The van der Waals surface area contributed by atoms with Crippen molar-refractivity contribution in [1.82, 2.24) is 5.06 Å². The fraction of sp³-hybridized carbons (Fsp3) is 0.579. The van der Waals surface area contributed by atoms with Crippen molar-refractivity contribution >= 4 is 8.32 Å². The van der Waals surface area contributed by atoms with E-state index in [1.807, 2.05) is 46.0 Å². The van der Waals surface area contributed by atoms with E-state index < -0.39 is 31.7 Å². The summed E-state index contributed by atoms with van der Waals surface area (Å²) >= 11 is 0. The summed E-state index contributed by atoms with van der Waals surface area (Å²) in [6.07, 6.45) is -4.49. The smallest absolute Gasteiger partial charge is 0.387 e. The van der Waals surface area contributed by atoms with Gasteiger partial charge in [0.2, 0.25) is 0 Å².